The number of hydrogen-bond donors (Lipinski definition) is 2. The Morgan fingerprint density at radius 1 is 1.35 bits per heavy atom. The Labute approximate surface area is 123 Å². The van der Waals surface area contributed by atoms with Gasteiger partial charge in [-0.05, 0) is 11.5 Å². The van der Waals surface area contributed by atoms with Crippen LogP contribution in [0.15, 0.2) is 36.5 Å². The summed E-state index contributed by atoms with van der Waals surface area (Å²) >= 11 is 1.49. The number of thiazole rings is 1. The van der Waals surface area contributed by atoms with Crippen LogP contribution in [0.2, 0.25) is 0 Å². The summed E-state index contributed by atoms with van der Waals surface area (Å²) in [5, 5.41) is 3.38. The molecule has 0 aliphatic heterocycles. The molecule has 0 bridgehead atoms. The van der Waals surface area contributed by atoms with E-state index in [4.69, 9.17) is 5.73 Å². The zero-order chi connectivity index (χ0) is 14.5. The van der Waals surface area contributed by atoms with Crippen molar-refractivity contribution in [3.05, 3.63) is 47.0 Å². The Morgan fingerprint density at radius 2 is 2.05 bits per heavy atom. The molecule has 0 saturated carbocycles. The molecule has 2 rings (SSSR count). The normalized spacial score (nSPS) is 12.4. The van der Waals surface area contributed by atoms with E-state index >= 15 is 0 Å². The lowest BCUT2D eigenvalue weighted by atomic mass is 10.1. The number of nitrogens with two attached hydrogens (primary N) is 1. The Kier molecular flexibility index (Phi) is 4.87. The molecule has 106 valence electrons. The molecule has 1 aromatic carbocycles. The molecule has 1 heterocycles. The summed E-state index contributed by atoms with van der Waals surface area (Å²) in [4.78, 5) is 17.2. The van der Waals surface area contributed by atoms with Crippen molar-refractivity contribution in [2.45, 2.75) is 26.3 Å². The maximum absolute atomic E-state index is 11.9. The first-order valence-corrected chi connectivity index (χ1v) is 7.43. The lowest BCUT2D eigenvalue weighted by molar-refractivity contribution is -0.118. The van der Waals surface area contributed by atoms with Gasteiger partial charge in [0.15, 0.2) is 5.13 Å². The van der Waals surface area contributed by atoms with Crippen molar-refractivity contribution in [2.24, 2.45) is 11.7 Å². The summed E-state index contributed by atoms with van der Waals surface area (Å²) in [6, 6.07) is 9.67. The number of carbonyl (C=O) groups excluding carboxylic acids is 1. The number of carbonyl (C=O) groups is 1. The molecule has 1 atom stereocenters. The first kappa shape index (κ1) is 14.7. The van der Waals surface area contributed by atoms with Crippen molar-refractivity contribution in [1.29, 1.82) is 0 Å². The summed E-state index contributed by atoms with van der Waals surface area (Å²) in [6.45, 7) is 3.85. The molecule has 0 aliphatic carbocycles. The van der Waals surface area contributed by atoms with E-state index < -0.39 is 6.04 Å². The van der Waals surface area contributed by atoms with E-state index in [1.165, 1.54) is 16.9 Å². The van der Waals surface area contributed by atoms with Gasteiger partial charge in [-0.25, -0.2) is 4.98 Å². The predicted molar refractivity (Wildman–Crippen MR) is 82.8 cm³/mol. The third-order valence-corrected chi connectivity index (χ3v) is 3.94. The second kappa shape index (κ2) is 6.63. The van der Waals surface area contributed by atoms with Gasteiger partial charge in [0.05, 0.1) is 6.04 Å². The molecule has 1 aromatic heterocycles. The lowest BCUT2D eigenvalue weighted by Crippen LogP contribution is -2.39. The van der Waals surface area contributed by atoms with Crippen LogP contribution in [0, 0.1) is 5.92 Å². The molecule has 0 fully saturated rings. The highest BCUT2D eigenvalue weighted by atomic mass is 32.1. The number of rotatable bonds is 5. The number of nitrogens with zero attached hydrogens (tertiary/aromatic N) is 1. The first-order valence-electron chi connectivity index (χ1n) is 6.61. The van der Waals surface area contributed by atoms with Gasteiger partial charge in [0.2, 0.25) is 5.91 Å². The zero-order valence-electron chi connectivity index (χ0n) is 11.7. The largest absolute Gasteiger partial charge is 0.320 e. The van der Waals surface area contributed by atoms with Crippen molar-refractivity contribution in [1.82, 2.24) is 4.98 Å². The van der Waals surface area contributed by atoms with Gasteiger partial charge in [-0.1, -0.05) is 44.2 Å². The van der Waals surface area contributed by atoms with E-state index in [0.717, 1.165) is 11.3 Å². The van der Waals surface area contributed by atoms with Crippen LogP contribution in [0.5, 0.6) is 0 Å². The third kappa shape index (κ3) is 3.88. The molecule has 1 amide bonds. The van der Waals surface area contributed by atoms with Crippen molar-refractivity contribution in [3.8, 4) is 0 Å². The number of nitrogens with one attached hydrogen (secondary N) is 1. The van der Waals surface area contributed by atoms with Crippen LogP contribution in [0.3, 0.4) is 0 Å². The minimum Gasteiger partial charge on any atom is -0.320 e. The Balaban J connectivity index is 1.97. The quantitative estimate of drug-likeness (QED) is 0.889. The van der Waals surface area contributed by atoms with Gasteiger partial charge in [0.1, 0.15) is 0 Å². The molecule has 0 radical (unpaired) electrons. The highest BCUT2D eigenvalue weighted by Gasteiger charge is 2.18. The Bertz CT molecular complexity index is 566. The van der Waals surface area contributed by atoms with Crippen molar-refractivity contribution in [3.63, 3.8) is 0 Å². The molecule has 0 aliphatic rings. The van der Waals surface area contributed by atoms with Gasteiger partial charge in [0, 0.05) is 17.5 Å². The highest BCUT2D eigenvalue weighted by Crippen LogP contribution is 2.21. The fraction of sp³-hybridized carbons (Fsp3) is 0.333. The summed E-state index contributed by atoms with van der Waals surface area (Å²) < 4.78 is 0. The second-order valence-electron chi connectivity index (χ2n) is 5.05. The van der Waals surface area contributed by atoms with E-state index in [0.29, 0.717) is 5.13 Å². The number of amides is 1. The average molecular weight is 289 g/mol. The number of hydrogen-bond acceptors (Lipinski definition) is 4. The second-order valence-corrected chi connectivity index (χ2v) is 6.17. The van der Waals surface area contributed by atoms with E-state index in [2.05, 4.69) is 22.4 Å². The minimum atomic E-state index is -0.503. The van der Waals surface area contributed by atoms with Crippen LogP contribution >= 0.6 is 11.3 Å². The van der Waals surface area contributed by atoms with Crippen molar-refractivity contribution < 1.29 is 4.79 Å². The van der Waals surface area contributed by atoms with Crippen molar-refractivity contribution in [2.75, 3.05) is 5.32 Å². The standard InChI is InChI=1S/C15H19N3OS/c1-10(2)13(16)14(19)18-15-17-9-12(20-15)8-11-6-4-3-5-7-11/h3-7,9-10,13H,8,16H2,1-2H3,(H,17,18,19)/t13-/m0/s1. The topological polar surface area (TPSA) is 68.0 Å². The fourth-order valence-corrected chi connectivity index (χ4v) is 2.59. The van der Waals surface area contributed by atoms with Gasteiger partial charge >= 0.3 is 0 Å². The van der Waals surface area contributed by atoms with Crippen molar-refractivity contribution >= 4 is 22.4 Å². The third-order valence-electron chi connectivity index (χ3n) is 3.03. The Hall–Kier alpha value is -1.72. The molecule has 4 nitrogen and oxygen atoms in total. The van der Waals surface area contributed by atoms with E-state index in [9.17, 15) is 4.79 Å². The molecule has 2 aromatic rings. The SMILES string of the molecule is CC(C)[C@H](N)C(=O)Nc1ncc(Cc2ccccc2)s1. The molecule has 20 heavy (non-hydrogen) atoms. The Morgan fingerprint density at radius 3 is 2.70 bits per heavy atom. The molecular weight excluding hydrogens is 270 g/mol. The smallest absolute Gasteiger partial charge is 0.243 e. The van der Waals surface area contributed by atoms with E-state index in [-0.39, 0.29) is 11.8 Å². The average Bonchev–Trinajstić information content (AvgIpc) is 2.86. The van der Waals surface area contributed by atoms with Crippen LogP contribution < -0.4 is 11.1 Å². The maximum Gasteiger partial charge on any atom is 0.243 e. The van der Waals surface area contributed by atoms with E-state index in [1.807, 2.05) is 32.0 Å². The molecule has 0 unspecified atom stereocenters. The van der Waals surface area contributed by atoms with Crippen LogP contribution in [-0.2, 0) is 11.2 Å². The van der Waals surface area contributed by atoms with Gasteiger partial charge in [-0.3, -0.25) is 4.79 Å². The summed E-state index contributed by atoms with van der Waals surface area (Å²) in [7, 11) is 0. The molecule has 0 spiro atoms. The fourth-order valence-electron chi connectivity index (χ4n) is 1.74. The zero-order valence-corrected chi connectivity index (χ0v) is 12.5. The minimum absolute atomic E-state index is 0.110. The van der Waals surface area contributed by atoms with Crippen LogP contribution in [-0.4, -0.2) is 16.9 Å². The molecular formula is C15H19N3OS. The summed E-state index contributed by atoms with van der Waals surface area (Å²) in [5.74, 6) is -0.0700. The van der Waals surface area contributed by atoms with E-state index in [1.54, 1.807) is 6.20 Å². The summed E-state index contributed by atoms with van der Waals surface area (Å²) in [5.41, 5.74) is 7.03. The van der Waals surface area contributed by atoms with Crippen LogP contribution in [0.25, 0.3) is 0 Å². The van der Waals surface area contributed by atoms with Gasteiger partial charge in [0.25, 0.3) is 0 Å². The lowest BCUT2D eigenvalue weighted by Gasteiger charge is -2.13. The highest BCUT2D eigenvalue weighted by molar-refractivity contribution is 7.15. The molecule has 0 saturated heterocycles. The number of aromatic nitrogens is 1. The summed E-state index contributed by atoms with van der Waals surface area (Å²) in [6.07, 6.45) is 2.62. The van der Waals surface area contributed by atoms with Crippen LogP contribution in [0.1, 0.15) is 24.3 Å². The van der Waals surface area contributed by atoms with Gasteiger partial charge < -0.3 is 11.1 Å². The first-order chi connectivity index (χ1) is 9.56. The van der Waals surface area contributed by atoms with Gasteiger partial charge in [-0.15, -0.1) is 11.3 Å². The molecule has 3 N–H and O–H groups in total. The van der Waals surface area contributed by atoms with Gasteiger partial charge in [-0.2, -0.15) is 0 Å². The predicted octanol–water partition coefficient (Wildman–Crippen LogP) is 2.66. The number of anilines is 1. The maximum atomic E-state index is 11.9. The monoisotopic (exact) mass is 289 g/mol. The number of benzene rings is 1. The van der Waals surface area contributed by atoms with Crippen LogP contribution in [0.4, 0.5) is 5.13 Å². The molecule has 5 heteroatoms.